The van der Waals surface area contributed by atoms with Crippen LogP contribution in [0.15, 0.2) is 29.0 Å². The van der Waals surface area contributed by atoms with Crippen LogP contribution in [0.4, 0.5) is 0 Å². The van der Waals surface area contributed by atoms with Crippen molar-refractivity contribution in [3.05, 3.63) is 30.5 Å². The Kier molecular flexibility index (Phi) is 12.2. The summed E-state index contributed by atoms with van der Waals surface area (Å²) in [6.45, 7) is 2.26. The van der Waals surface area contributed by atoms with Gasteiger partial charge in [0.05, 0.1) is 6.20 Å². The van der Waals surface area contributed by atoms with Gasteiger partial charge in [-0.25, -0.2) is 4.98 Å². The molecule has 0 bridgehead atoms. The lowest BCUT2D eigenvalue weighted by Gasteiger charge is -1.99. The number of Topliss-reactive ketones (excluding diaryl/α,β-unsaturated/α-hetero) is 1. The number of oxazole rings is 1. The first kappa shape index (κ1) is 19.7. The Morgan fingerprint density at radius 2 is 1.57 bits per heavy atom. The molecule has 0 aliphatic heterocycles. The average molecular weight is 319 g/mol. The highest BCUT2D eigenvalue weighted by atomic mass is 16.3. The van der Waals surface area contributed by atoms with Gasteiger partial charge in [-0.15, -0.1) is 0 Å². The summed E-state index contributed by atoms with van der Waals surface area (Å²) in [4.78, 5) is 15.5. The van der Waals surface area contributed by atoms with E-state index >= 15 is 0 Å². The second-order valence-corrected chi connectivity index (χ2v) is 6.24. The van der Waals surface area contributed by atoms with Gasteiger partial charge in [-0.2, -0.15) is 0 Å². The molecule has 23 heavy (non-hydrogen) atoms. The van der Waals surface area contributed by atoms with Gasteiger partial charge in [0.1, 0.15) is 6.26 Å². The fourth-order valence-electron chi connectivity index (χ4n) is 2.65. The Bertz CT molecular complexity index is 409. The standard InChI is InChI=1S/C20H33NO2/c1-2-3-4-5-6-7-8-9-10-11-12-13-14-15-16-19(22)20-21-17-18-23-20/h9-10,17-18H,2-8,11-16H2,1H3/b10-9-. The summed E-state index contributed by atoms with van der Waals surface area (Å²) in [5.41, 5.74) is 0. The normalized spacial score (nSPS) is 11.3. The fourth-order valence-corrected chi connectivity index (χ4v) is 2.65. The summed E-state index contributed by atoms with van der Waals surface area (Å²) < 4.78 is 5.00. The molecule has 0 aromatic carbocycles. The molecule has 0 fully saturated rings. The number of hydrogen-bond acceptors (Lipinski definition) is 3. The summed E-state index contributed by atoms with van der Waals surface area (Å²) in [7, 11) is 0. The fraction of sp³-hybridized carbons (Fsp3) is 0.700. The molecule has 1 aromatic rings. The molecule has 0 N–H and O–H groups in total. The molecule has 0 saturated carbocycles. The molecule has 0 aliphatic rings. The minimum atomic E-state index is 0.0221. The van der Waals surface area contributed by atoms with E-state index in [4.69, 9.17) is 4.42 Å². The third-order valence-corrected chi connectivity index (χ3v) is 4.09. The van der Waals surface area contributed by atoms with E-state index in [1.807, 2.05) is 0 Å². The molecule has 0 amide bonds. The van der Waals surface area contributed by atoms with Crippen molar-refractivity contribution in [3.63, 3.8) is 0 Å². The van der Waals surface area contributed by atoms with Gasteiger partial charge >= 0.3 is 0 Å². The zero-order valence-corrected chi connectivity index (χ0v) is 14.8. The van der Waals surface area contributed by atoms with Crippen LogP contribution in [0, 0.1) is 0 Å². The van der Waals surface area contributed by atoms with Crippen molar-refractivity contribution in [3.8, 4) is 0 Å². The molecule has 0 unspecified atom stereocenters. The van der Waals surface area contributed by atoms with Crippen LogP contribution in [0.2, 0.25) is 0 Å². The van der Waals surface area contributed by atoms with Crippen LogP contribution in [-0.4, -0.2) is 10.8 Å². The van der Waals surface area contributed by atoms with E-state index in [2.05, 4.69) is 24.1 Å². The van der Waals surface area contributed by atoms with Crippen LogP contribution >= 0.6 is 0 Å². The molecule has 0 radical (unpaired) electrons. The van der Waals surface area contributed by atoms with Gasteiger partial charge < -0.3 is 4.42 Å². The number of rotatable bonds is 15. The predicted octanol–water partition coefficient (Wildman–Crippen LogP) is 6.50. The molecule has 0 atom stereocenters. The van der Waals surface area contributed by atoms with E-state index in [1.165, 1.54) is 76.7 Å². The second kappa shape index (κ2) is 14.2. The molecule has 130 valence electrons. The van der Waals surface area contributed by atoms with Crippen molar-refractivity contribution < 1.29 is 9.21 Å². The van der Waals surface area contributed by atoms with Crippen molar-refractivity contribution in [1.82, 2.24) is 4.98 Å². The van der Waals surface area contributed by atoms with Crippen molar-refractivity contribution in [2.24, 2.45) is 0 Å². The van der Waals surface area contributed by atoms with Crippen LogP contribution in [0.1, 0.15) is 101 Å². The lowest BCUT2D eigenvalue weighted by molar-refractivity contribution is 0.0945. The van der Waals surface area contributed by atoms with Gasteiger partial charge in [-0.1, -0.05) is 64.0 Å². The maximum absolute atomic E-state index is 11.7. The number of ketones is 1. The molecule has 0 saturated heterocycles. The van der Waals surface area contributed by atoms with Gasteiger partial charge in [0.15, 0.2) is 0 Å². The zero-order valence-electron chi connectivity index (χ0n) is 14.8. The number of aromatic nitrogens is 1. The minimum Gasteiger partial charge on any atom is -0.442 e. The lowest BCUT2D eigenvalue weighted by atomic mass is 10.1. The Morgan fingerprint density at radius 3 is 2.17 bits per heavy atom. The van der Waals surface area contributed by atoms with E-state index in [1.54, 1.807) is 0 Å². The van der Waals surface area contributed by atoms with Crippen molar-refractivity contribution >= 4 is 5.78 Å². The smallest absolute Gasteiger partial charge is 0.263 e. The number of hydrogen-bond donors (Lipinski definition) is 0. The molecular formula is C20H33NO2. The first-order chi connectivity index (χ1) is 11.3. The minimum absolute atomic E-state index is 0.0221. The van der Waals surface area contributed by atoms with Gasteiger partial charge in [-0.3, -0.25) is 4.79 Å². The average Bonchev–Trinajstić information content (AvgIpc) is 3.09. The van der Waals surface area contributed by atoms with Gasteiger partial charge in [0.2, 0.25) is 5.78 Å². The topological polar surface area (TPSA) is 43.1 Å². The summed E-state index contributed by atoms with van der Waals surface area (Å²) in [6, 6.07) is 0. The number of nitrogens with zero attached hydrogens (tertiary/aromatic N) is 1. The number of carbonyl (C=O) groups excluding carboxylic acids is 1. The largest absolute Gasteiger partial charge is 0.442 e. The summed E-state index contributed by atoms with van der Waals surface area (Å²) in [5.74, 6) is 0.274. The molecule has 3 heteroatoms. The van der Waals surface area contributed by atoms with Crippen LogP contribution < -0.4 is 0 Å². The maximum atomic E-state index is 11.7. The van der Waals surface area contributed by atoms with Gasteiger partial charge in [-0.05, 0) is 32.1 Å². The third-order valence-electron chi connectivity index (χ3n) is 4.09. The lowest BCUT2D eigenvalue weighted by Crippen LogP contribution is -1.98. The van der Waals surface area contributed by atoms with E-state index in [0.717, 1.165) is 12.8 Å². The van der Waals surface area contributed by atoms with Gasteiger partial charge in [0, 0.05) is 6.42 Å². The molecule has 1 aromatic heterocycles. The van der Waals surface area contributed by atoms with E-state index in [-0.39, 0.29) is 11.7 Å². The summed E-state index contributed by atoms with van der Waals surface area (Å²) >= 11 is 0. The predicted molar refractivity (Wildman–Crippen MR) is 95.7 cm³/mol. The quantitative estimate of drug-likeness (QED) is 0.210. The van der Waals surface area contributed by atoms with E-state index in [9.17, 15) is 4.79 Å². The SMILES string of the molecule is CCCCCCCC/C=C\CCCCCCC(=O)c1ncco1. The Morgan fingerprint density at radius 1 is 0.957 bits per heavy atom. The Labute approximate surface area is 141 Å². The first-order valence-corrected chi connectivity index (χ1v) is 9.42. The van der Waals surface area contributed by atoms with E-state index < -0.39 is 0 Å². The van der Waals surface area contributed by atoms with E-state index in [0.29, 0.717) is 6.42 Å². The van der Waals surface area contributed by atoms with Gasteiger partial charge in [0.25, 0.3) is 5.89 Å². The Balaban J connectivity index is 1.82. The molecular weight excluding hydrogens is 286 g/mol. The van der Waals surface area contributed by atoms with Crippen LogP contribution in [0.5, 0.6) is 0 Å². The van der Waals surface area contributed by atoms with Crippen molar-refractivity contribution in [2.75, 3.05) is 0 Å². The first-order valence-electron chi connectivity index (χ1n) is 9.42. The number of carbonyl (C=O) groups is 1. The molecule has 0 aliphatic carbocycles. The van der Waals surface area contributed by atoms with Crippen LogP contribution in [-0.2, 0) is 0 Å². The highest BCUT2D eigenvalue weighted by molar-refractivity contribution is 5.91. The zero-order chi connectivity index (χ0) is 16.6. The van der Waals surface area contributed by atoms with Crippen molar-refractivity contribution in [2.45, 2.75) is 90.4 Å². The van der Waals surface area contributed by atoms with Crippen LogP contribution in [0.25, 0.3) is 0 Å². The number of unbranched alkanes of at least 4 members (excludes halogenated alkanes) is 10. The van der Waals surface area contributed by atoms with Crippen molar-refractivity contribution in [1.29, 1.82) is 0 Å². The summed E-state index contributed by atoms with van der Waals surface area (Å²) in [6.07, 6.45) is 23.3. The monoisotopic (exact) mass is 319 g/mol. The highest BCUT2D eigenvalue weighted by Crippen LogP contribution is 2.10. The second-order valence-electron chi connectivity index (χ2n) is 6.24. The number of allylic oxidation sites excluding steroid dienone is 2. The Hall–Kier alpha value is -1.38. The molecule has 3 nitrogen and oxygen atoms in total. The molecule has 0 spiro atoms. The third kappa shape index (κ3) is 10.9. The highest BCUT2D eigenvalue weighted by Gasteiger charge is 2.09. The maximum Gasteiger partial charge on any atom is 0.263 e. The summed E-state index contributed by atoms with van der Waals surface area (Å²) in [5, 5.41) is 0. The molecule has 1 rings (SSSR count). The van der Waals surface area contributed by atoms with Crippen LogP contribution in [0.3, 0.4) is 0 Å². The molecule has 1 heterocycles.